The lowest BCUT2D eigenvalue weighted by molar-refractivity contribution is -0.133. The van der Waals surface area contributed by atoms with Crippen LogP contribution in [0.5, 0.6) is 0 Å². The van der Waals surface area contributed by atoms with Crippen molar-refractivity contribution in [2.45, 2.75) is 51.4 Å². The quantitative estimate of drug-likeness (QED) is 0.305. The monoisotopic (exact) mass is 572 g/mol. The van der Waals surface area contributed by atoms with E-state index in [0.717, 1.165) is 60.4 Å². The summed E-state index contributed by atoms with van der Waals surface area (Å²) < 4.78 is 1.76. The lowest BCUT2D eigenvalue weighted by atomic mass is 10.1. The summed E-state index contributed by atoms with van der Waals surface area (Å²) in [7, 11) is 0. The molecule has 0 saturated carbocycles. The summed E-state index contributed by atoms with van der Waals surface area (Å²) in [5.41, 5.74) is 9.93. The maximum absolute atomic E-state index is 13.3. The third-order valence-electron chi connectivity index (χ3n) is 8.84. The van der Waals surface area contributed by atoms with Crippen LogP contribution in [0.1, 0.15) is 33.8 Å². The first-order valence-corrected chi connectivity index (χ1v) is 14.9. The van der Waals surface area contributed by atoms with Gasteiger partial charge in [0.25, 0.3) is 0 Å². The number of aromatic amines is 1. The van der Waals surface area contributed by atoms with Crippen LogP contribution in [-0.4, -0.2) is 65.1 Å². The van der Waals surface area contributed by atoms with Crippen LogP contribution in [0.3, 0.4) is 0 Å². The number of carbonyl (C=O) groups excluding carboxylic acids is 1. The molecule has 2 aliphatic heterocycles. The van der Waals surface area contributed by atoms with Gasteiger partial charge in [-0.1, -0.05) is 47.7 Å². The summed E-state index contributed by atoms with van der Waals surface area (Å²) in [6.07, 6.45) is 9.36. The van der Waals surface area contributed by atoms with Crippen molar-refractivity contribution in [3.05, 3.63) is 101 Å². The molecule has 3 aromatic heterocycles. The second kappa shape index (κ2) is 10.6. The first-order valence-electron chi connectivity index (χ1n) is 14.9. The normalized spacial score (nSPS) is 15.8. The minimum absolute atomic E-state index is 0.00845. The van der Waals surface area contributed by atoms with Crippen molar-refractivity contribution >= 4 is 17.5 Å². The number of rotatable bonds is 7. The second-order valence-corrected chi connectivity index (χ2v) is 11.6. The molecule has 2 aromatic carbocycles. The highest BCUT2D eigenvalue weighted by atomic mass is 16.2. The van der Waals surface area contributed by atoms with Gasteiger partial charge in [0.05, 0.1) is 24.5 Å². The predicted octanol–water partition coefficient (Wildman–Crippen LogP) is 3.19. The molecule has 1 amide bonds. The fourth-order valence-corrected chi connectivity index (χ4v) is 6.59. The number of carbonyl (C=O) groups is 1. The number of hydrogen-bond donors (Lipinski definition) is 2. The number of nitrogens with one attached hydrogen (secondary N) is 2. The molecular formula is C32H32N10O. The molecule has 5 heterocycles. The van der Waals surface area contributed by atoms with Crippen molar-refractivity contribution in [3.8, 4) is 11.1 Å². The Morgan fingerprint density at radius 3 is 2.53 bits per heavy atom. The fraction of sp³-hybridized carbons (Fsp3) is 0.312. The summed E-state index contributed by atoms with van der Waals surface area (Å²) in [6.45, 7) is 2.82. The zero-order chi connectivity index (χ0) is 28.8. The number of aromatic nitrogens is 7. The Kier molecular flexibility index (Phi) is 6.35. The molecule has 43 heavy (non-hydrogen) atoms. The van der Waals surface area contributed by atoms with Crippen molar-refractivity contribution in [2.75, 3.05) is 23.3 Å². The van der Waals surface area contributed by atoms with E-state index >= 15 is 0 Å². The molecule has 5 aromatic rings. The molecule has 0 fully saturated rings. The van der Waals surface area contributed by atoms with E-state index in [1.165, 1.54) is 22.4 Å². The molecule has 1 aliphatic carbocycles. The Labute approximate surface area is 249 Å². The Morgan fingerprint density at radius 1 is 0.953 bits per heavy atom. The van der Waals surface area contributed by atoms with Crippen molar-refractivity contribution in [3.63, 3.8) is 0 Å². The number of amides is 1. The van der Waals surface area contributed by atoms with E-state index in [1.54, 1.807) is 4.68 Å². The zero-order valence-electron chi connectivity index (χ0n) is 23.8. The molecule has 11 heteroatoms. The maximum atomic E-state index is 13.3. The standard InChI is InChI=1S/C32H32N10O/c43-31(41-12-10-27-29(19-41)37-39-36-27)20-42-17-26(28(38-42)18-40-11-9-21-5-3-4-8-30(21)40)24-15-33-32(34-16-24)35-25-13-22-6-1-2-7-23(22)14-25/h1-8,15-17,25H,9-14,18-20H2,(H,33,34,35)(H,36,37,39). The number of benzene rings is 2. The average molecular weight is 573 g/mol. The molecule has 3 aliphatic rings. The fourth-order valence-electron chi connectivity index (χ4n) is 6.59. The van der Waals surface area contributed by atoms with Gasteiger partial charge in [0.2, 0.25) is 11.9 Å². The van der Waals surface area contributed by atoms with Gasteiger partial charge in [-0.05, 0) is 42.0 Å². The van der Waals surface area contributed by atoms with Gasteiger partial charge < -0.3 is 15.1 Å². The predicted molar refractivity (Wildman–Crippen MR) is 161 cm³/mol. The molecular weight excluding hydrogens is 540 g/mol. The van der Waals surface area contributed by atoms with E-state index in [9.17, 15) is 4.79 Å². The van der Waals surface area contributed by atoms with Crippen molar-refractivity contribution < 1.29 is 4.79 Å². The van der Waals surface area contributed by atoms with Crippen LogP contribution in [0.25, 0.3) is 11.1 Å². The van der Waals surface area contributed by atoms with Gasteiger partial charge in [0.15, 0.2) is 0 Å². The van der Waals surface area contributed by atoms with Crippen LogP contribution < -0.4 is 10.2 Å². The molecule has 11 nitrogen and oxygen atoms in total. The number of hydrogen-bond acceptors (Lipinski definition) is 8. The zero-order valence-corrected chi connectivity index (χ0v) is 23.8. The van der Waals surface area contributed by atoms with Crippen LogP contribution >= 0.6 is 0 Å². The summed E-state index contributed by atoms with van der Waals surface area (Å²) in [6, 6.07) is 17.4. The average Bonchev–Trinajstić information content (AvgIpc) is 3.83. The van der Waals surface area contributed by atoms with E-state index in [-0.39, 0.29) is 18.5 Å². The van der Waals surface area contributed by atoms with E-state index < -0.39 is 0 Å². The van der Waals surface area contributed by atoms with Crippen LogP contribution in [0.4, 0.5) is 11.6 Å². The van der Waals surface area contributed by atoms with Crippen molar-refractivity contribution in [1.82, 2.24) is 40.1 Å². The molecule has 2 N–H and O–H groups in total. The highest BCUT2D eigenvalue weighted by Crippen LogP contribution is 2.32. The number of anilines is 2. The van der Waals surface area contributed by atoms with E-state index in [0.29, 0.717) is 25.6 Å². The SMILES string of the molecule is O=C(Cn1cc(-c2cnc(NC3Cc4ccccc4C3)nc2)c(CN2CCc3ccccc32)n1)N1CCc2[nH]nnc2C1. The van der Waals surface area contributed by atoms with Crippen molar-refractivity contribution in [1.29, 1.82) is 0 Å². The van der Waals surface area contributed by atoms with Crippen LogP contribution in [-0.2, 0) is 50.1 Å². The molecule has 0 atom stereocenters. The second-order valence-electron chi connectivity index (χ2n) is 11.6. The van der Waals surface area contributed by atoms with E-state index in [4.69, 9.17) is 5.10 Å². The molecule has 0 bridgehead atoms. The van der Waals surface area contributed by atoms with Crippen molar-refractivity contribution in [2.24, 2.45) is 0 Å². The summed E-state index contributed by atoms with van der Waals surface area (Å²) in [5, 5.41) is 19.4. The molecule has 0 spiro atoms. The summed E-state index contributed by atoms with van der Waals surface area (Å²) >= 11 is 0. The summed E-state index contributed by atoms with van der Waals surface area (Å²) in [4.78, 5) is 26.9. The van der Waals surface area contributed by atoms with Crippen LogP contribution in [0.2, 0.25) is 0 Å². The minimum atomic E-state index is 0.00845. The largest absolute Gasteiger partial charge is 0.365 e. The minimum Gasteiger partial charge on any atom is -0.365 e. The van der Waals surface area contributed by atoms with Crippen LogP contribution in [0.15, 0.2) is 67.1 Å². The molecule has 8 rings (SSSR count). The molecule has 216 valence electrons. The first kappa shape index (κ1) is 25.6. The highest BCUT2D eigenvalue weighted by molar-refractivity contribution is 5.76. The van der Waals surface area contributed by atoms with Gasteiger partial charge in [0, 0.05) is 61.0 Å². The lowest BCUT2D eigenvalue weighted by Crippen LogP contribution is -2.38. The lowest BCUT2D eigenvalue weighted by Gasteiger charge is -2.25. The topological polar surface area (TPSA) is 121 Å². The van der Waals surface area contributed by atoms with Gasteiger partial charge in [-0.2, -0.15) is 5.10 Å². The van der Waals surface area contributed by atoms with Gasteiger partial charge >= 0.3 is 0 Å². The molecule has 0 saturated heterocycles. The number of nitrogens with zero attached hydrogens (tertiary/aromatic N) is 8. The molecule has 0 unspecified atom stereocenters. The van der Waals surface area contributed by atoms with Gasteiger partial charge in [-0.15, -0.1) is 5.10 Å². The summed E-state index contributed by atoms with van der Waals surface area (Å²) in [5.74, 6) is 0.630. The first-order chi connectivity index (χ1) is 21.2. The Balaban J connectivity index is 1.03. The van der Waals surface area contributed by atoms with Gasteiger partial charge in [0.1, 0.15) is 12.2 Å². The third-order valence-corrected chi connectivity index (χ3v) is 8.84. The third kappa shape index (κ3) is 5.00. The Hall–Kier alpha value is -5.06. The van der Waals surface area contributed by atoms with E-state index in [2.05, 4.69) is 84.1 Å². The highest BCUT2D eigenvalue weighted by Gasteiger charge is 2.26. The maximum Gasteiger partial charge on any atom is 0.244 e. The number of H-pyrrole nitrogens is 1. The Morgan fingerprint density at radius 2 is 1.72 bits per heavy atom. The number of para-hydroxylation sites is 1. The Bertz CT molecular complexity index is 1770. The van der Waals surface area contributed by atoms with Gasteiger partial charge in [-0.3, -0.25) is 14.6 Å². The van der Waals surface area contributed by atoms with E-state index in [1.807, 2.05) is 23.5 Å². The van der Waals surface area contributed by atoms with Gasteiger partial charge in [-0.25, -0.2) is 9.97 Å². The smallest absolute Gasteiger partial charge is 0.244 e. The number of fused-ring (bicyclic) bond motifs is 3. The molecule has 0 radical (unpaired) electrons. The van der Waals surface area contributed by atoms with Crippen LogP contribution in [0, 0.1) is 0 Å².